The van der Waals surface area contributed by atoms with Gasteiger partial charge >= 0.3 is 5.97 Å². The number of ether oxygens (including phenoxy) is 2. The van der Waals surface area contributed by atoms with E-state index in [1.807, 2.05) is 20.8 Å². The van der Waals surface area contributed by atoms with Gasteiger partial charge in [0.05, 0.1) is 30.3 Å². The fourth-order valence-corrected chi connectivity index (χ4v) is 12.3. The van der Waals surface area contributed by atoms with E-state index in [1.165, 1.54) is 0 Å². The summed E-state index contributed by atoms with van der Waals surface area (Å²) in [5, 5.41) is 75.0. The van der Waals surface area contributed by atoms with Crippen molar-refractivity contribution in [2.24, 2.45) is 50.7 Å². The number of allylic oxidation sites excluding steroid dienone is 1. The fourth-order valence-electron chi connectivity index (χ4n) is 12.3. The van der Waals surface area contributed by atoms with Gasteiger partial charge in [-0.3, -0.25) is 4.79 Å². The predicted octanol–water partition coefficient (Wildman–Crippen LogP) is 2.44. The zero-order valence-corrected chi connectivity index (χ0v) is 28.5. The fraction of sp³-hybridized carbons (Fsp3) is 0.917. The molecule has 1 heterocycles. The van der Waals surface area contributed by atoms with Crippen molar-refractivity contribution in [3.05, 3.63) is 11.6 Å². The zero-order valence-electron chi connectivity index (χ0n) is 28.5. The Balaban J connectivity index is 1.39. The Hall–Kier alpha value is -1.11. The van der Waals surface area contributed by atoms with Crippen LogP contribution in [0.1, 0.15) is 99.3 Å². The van der Waals surface area contributed by atoms with E-state index in [0.29, 0.717) is 38.0 Å². The van der Waals surface area contributed by atoms with Gasteiger partial charge in [0.15, 0.2) is 0 Å². The molecule has 4 saturated carbocycles. The molecular formula is C36H58O10. The molecule has 16 atom stereocenters. The Bertz CT molecular complexity index is 1240. The van der Waals surface area contributed by atoms with Crippen LogP contribution in [-0.2, 0) is 14.3 Å². The molecular weight excluding hydrogens is 592 g/mol. The Morgan fingerprint density at radius 1 is 0.891 bits per heavy atom. The second-order valence-electron chi connectivity index (χ2n) is 17.4. The number of carbonyl (C=O) groups excluding carboxylic acids is 1. The molecule has 0 aromatic carbocycles. The van der Waals surface area contributed by atoms with Crippen molar-refractivity contribution in [1.29, 1.82) is 0 Å². The minimum atomic E-state index is -1.70. The molecule has 46 heavy (non-hydrogen) atoms. The summed E-state index contributed by atoms with van der Waals surface area (Å²) in [5.41, 5.74) is -2.34. The summed E-state index contributed by atoms with van der Waals surface area (Å²) >= 11 is 0. The van der Waals surface area contributed by atoms with E-state index in [2.05, 4.69) is 26.8 Å². The molecule has 6 rings (SSSR count). The highest BCUT2D eigenvalue weighted by Crippen LogP contribution is 2.76. The van der Waals surface area contributed by atoms with Crippen LogP contribution in [0.15, 0.2) is 11.6 Å². The van der Waals surface area contributed by atoms with Crippen LogP contribution in [0.4, 0.5) is 0 Å². The van der Waals surface area contributed by atoms with Gasteiger partial charge < -0.3 is 45.2 Å². The van der Waals surface area contributed by atoms with Gasteiger partial charge in [0.2, 0.25) is 6.29 Å². The number of carbonyl (C=O) groups is 1. The monoisotopic (exact) mass is 650 g/mol. The lowest BCUT2D eigenvalue weighted by atomic mass is 9.33. The highest BCUT2D eigenvalue weighted by Gasteiger charge is 2.72. The molecule has 10 heteroatoms. The smallest absolute Gasteiger partial charge is 0.315 e. The van der Waals surface area contributed by atoms with Crippen LogP contribution in [0, 0.1) is 50.7 Å². The molecule has 1 saturated heterocycles. The lowest BCUT2D eigenvalue weighted by Crippen LogP contribution is -2.68. The average Bonchev–Trinajstić information content (AvgIpc) is 3.01. The van der Waals surface area contributed by atoms with Gasteiger partial charge in [-0.25, -0.2) is 0 Å². The van der Waals surface area contributed by atoms with E-state index in [4.69, 9.17) is 9.47 Å². The molecule has 0 spiro atoms. The van der Waals surface area contributed by atoms with Gasteiger partial charge in [-0.05, 0) is 98.7 Å². The van der Waals surface area contributed by atoms with Gasteiger partial charge in [-0.1, -0.05) is 46.3 Å². The van der Waals surface area contributed by atoms with Crippen molar-refractivity contribution in [3.63, 3.8) is 0 Å². The van der Waals surface area contributed by atoms with E-state index in [-0.39, 0.29) is 34.7 Å². The predicted molar refractivity (Wildman–Crippen MR) is 168 cm³/mol. The van der Waals surface area contributed by atoms with Crippen molar-refractivity contribution < 1.29 is 50.0 Å². The molecule has 10 nitrogen and oxygen atoms in total. The molecule has 7 N–H and O–H groups in total. The Morgan fingerprint density at radius 3 is 2.24 bits per heavy atom. The summed E-state index contributed by atoms with van der Waals surface area (Å²) < 4.78 is 11.5. The number of aliphatic hydroxyl groups is 7. The lowest BCUT2D eigenvalue weighted by molar-refractivity contribution is -0.299. The van der Waals surface area contributed by atoms with Gasteiger partial charge in [0, 0.05) is 11.3 Å². The molecule has 262 valence electrons. The standard InChI is InChI=1S/C36H58O10/c1-19-9-14-36(30(43)46-29-27(42)26(41)25(40)21(17-37)45-29)16-15-33(4)20(28(36)35(19,6)44)7-8-23-31(2)12-11-24(39)32(3,18-38)22(31)10-13-34(23,33)5/h7,19,21-29,37-42,44H,8-18H2,1-6H3/t19-,21-,22-,23-,24+,25-,26+,27-,28+,29+,31+,32+,33-,34-,35-,36+/m1/s1. The maximum Gasteiger partial charge on any atom is 0.315 e. The largest absolute Gasteiger partial charge is 0.432 e. The number of hydrogen-bond acceptors (Lipinski definition) is 10. The highest BCUT2D eigenvalue weighted by atomic mass is 16.7. The molecule has 5 aliphatic carbocycles. The molecule has 0 radical (unpaired) electrons. The van der Waals surface area contributed by atoms with Crippen LogP contribution in [0.3, 0.4) is 0 Å². The first-order valence-electron chi connectivity index (χ1n) is 17.6. The number of aliphatic hydroxyl groups excluding tert-OH is 6. The second-order valence-corrected chi connectivity index (χ2v) is 17.4. The van der Waals surface area contributed by atoms with E-state index in [1.54, 1.807) is 0 Å². The molecule has 0 bridgehead atoms. The summed E-state index contributed by atoms with van der Waals surface area (Å²) in [4.78, 5) is 14.5. The lowest BCUT2D eigenvalue weighted by Gasteiger charge is -2.72. The molecule has 1 aliphatic heterocycles. The van der Waals surface area contributed by atoms with E-state index >= 15 is 0 Å². The van der Waals surface area contributed by atoms with Crippen molar-refractivity contribution in [3.8, 4) is 0 Å². The molecule has 0 unspecified atom stereocenters. The first-order chi connectivity index (χ1) is 21.4. The first kappa shape index (κ1) is 34.7. The summed E-state index contributed by atoms with van der Waals surface area (Å²) in [6, 6.07) is 0. The summed E-state index contributed by atoms with van der Waals surface area (Å²) in [5.74, 6) is -0.749. The number of hydrogen-bond donors (Lipinski definition) is 7. The minimum Gasteiger partial charge on any atom is -0.432 e. The van der Waals surface area contributed by atoms with Gasteiger partial charge in [-0.15, -0.1) is 0 Å². The Labute approximate surface area is 273 Å². The Kier molecular flexibility index (Phi) is 8.46. The van der Waals surface area contributed by atoms with Crippen LogP contribution in [-0.4, -0.2) is 97.3 Å². The molecule has 0 aromatic rings. The van der Waals surface area contributed by atoms with Crippen LogP contribution in [0.2, 0.25) is 0 Å². The SMILES string of the molecule is C[C@@H]1CC[C@]2(C(=O)O[C@@H]3O[C@H](CO)[C@@H](O)[C@H](O)[C@H]3O)CC[C@]3(C)C(=CC[C@@H]4[C@@]5(C)CC[C@H](O)[C@@](C)(CO)[C@@H]5CC[C@]43C)[C@H]2[C@]1(C)O. The van der Waals surface area contributed by atoms with Gasteiger partial charge in [0.1, 0.15) is 24.4 Å². The third kappa shape index (κ3) is 4.39. The maximum atomic E-state index is 14.5. The van der Waals surface area contributed by atoms with Crippen LogP contribution in [0.25, 0.3) is 0 Å². The summed E-state index contributed by atoms with van der Waals surface area (Å²) in [6.45, 7) is 12.3. The number of fused-ring (bicyclic) bond motifs is 7. The summed E-state index contributed by atoms with van der Waals surface area (Å²) in [6.07, 6.45) is 0.492. The summed E-state index contributed by atoms with van der Waals surface area (Å²) in [7, 11) is 0. The minimum absolute atomic E-state index is 0.0435. The topological polar surface area (TPSA) is 177 Å². The average molecular weight is 651 g/mol. The molecule has 0 aromatic heterocycles. The maximum absolute atomic E-state index is 14.5. The van der Waals surface area contributed by atoms with E-state index in [9.17, 15) is 40.5 Å². The van der Waals surface area contributed by atoms with Crippen molar-refractivity contribution >= 4 is 5.97 Å². The van der Waals surface area contributed by atoms with Gasteiger partial charge in [-0.2, -0.15) is 0 Å². The normalized spacial score (nSPS) is 56.8. The van der Waals surface area contributed by atoms with Crippen LogP contribution in [0.5, 0.6) is 0 Å². The zero-order chi connectivity index (χ0) is 33.8. The quantitative estimate of drug-likeness (QED) is 0.177. The number of rotatable bonds is 4. The third-order valence-corrected chi connectivity index (χ3v) is 15.7. The van der Waals surface area contributed by atoms with Crippen molar-refractivity contribution in [1.82, 2.24) is 0 Å². The number of esters is 1. The third-order valence-electron chi connectivity index (χ3n) is 15.7. The van der Waals surface area contributed by atoms with Crippen LogP contribution < -0.4 is 0 Å². The molecule has 0 amide bonds. The van der Waals surface area contributed by atoms with Crippen molar-refractivity contribution in [2.75, 3.05) is 13.2 Å². The van der Waals surface area contributed by atoms with Crippen molar-refractivity contribution in [2.45, 2.75) is 142 Å². The van der Waals surface area contributed by atoms with Gasteiger partial charge in [0.25, 0.3) is 0 Å². The first-order valence-corrected chi connectivity index (χ1v) is 17.6. The van der Waals surface area contributed by atoms with E-state index < -0.39 is 71.7 Å². The molecule has 6 aliphatic rings. The highest BCUT2D eigenvalue weighted by molar-refractivity contribution is 5.79. The van der Waals surface area contributed by atoms with E-state index in [0.717, 1.165) is 31.3 Å². The second kappa shape index (κ2) is 11.2. The molecule has 5 fully saturated rings. The van der Waals surface area contributed by atoms with Crippen LogP contribution >= 0.6 is 0 Å². The Morgan fingerprint density at radius 2 is 1.59 bits per heavy atom.